The molecule has 1 amide bonds. The number of aryl methyl sites for hydroxylation is 2. The second-order valence-corrected chi connectivity index (χ2v) is 6.02. The molecule has 6 nitrogen and oxygen atoms in total. The van der Waals surface area contributed by atoms with Crippen LogP contribution in [0.3, 0.4) is 0 Å². The van der Waals surface area contributed by atoms with E-state index in [0.29, 0.717) is 10.7 Å². The highest BCUT2D eigenvalue weighted by Crippen LogP contribution is 2.26. The highest BCUT2D eigenvalue weighted by molar-refractivity contribution is 7.15. The number of aromatic nitrogens is 3. The molecule has 0 saturated heterocycles. The summed E-state index contributed by atoms with van der Waals surface area (Å²) in [6, 6.07) is 0. The maximum absolute atomic E-state index is 12.4. The molecule has 0 aliphatic carbocycles. The summed E-state index contributed by atoms with van der Waals surface area (Å²) in [5, 5.41) is 11.1. The van der Waals surface area contributed by atoms with Crippen molar-refractivity contribution in [3.8, 4) is 0 Å². The predicted molar refractivity (Wildman–Crippen MR) is 78.2 cm³/mol. The first-order valence-corrected chi connectivity index (χ1v) is 7.38. The lowest BCUT2D eigenvalue weighted by Crippen LogP contribution is -2.22. The number of fused-ring (bicyclic) bond motifs is 1. The van der Waals surface area contributed by atoms with Crippen LogP contribution in [-0.4, -0.2) is 27.2 Å². The van der Waals surface area contributed by atoms with Gasteiger partial charge in [-0.25, -0.2) is 4.98 Å². The van der Waals surface area contributed by atoms with Gasteiger partial charge in [-0.3, -0.25) is 14.8 Å². The van der Waals surface area contributed by atoms with Crippen LogP contribution in [0, 0.1) is 13.8 Å². The molecule has 0 radical (unpaired) electrons. The third-order valence-electron chi connectivity index (χ3n) is 3.56. The van der Waals surface area contributed by atoms with Gasteiger partial charge < -0.3 is 5.32 Å². The number of amides is 1. The Morgan fingerprint density at radius 2 is 2.25 bits per heavy atom. The number of carbonyl (C=O) groups is 1. The Balaban J connectivity index is 1.84. The number of nitrogens with one attached hydrogen (secondary N) is 2. The lowest BCUT2D eigenvalue weighted by atomic mass is 10.2. The monoisotopic (exact) mass is 291 g/mol. The van der Waals surface area contributed by atoms with Crippen molar-refractivity contribution in [2.75, 3.05) is 11.9 Å². The average Bonchev–Trinajstić information content (AvgIpc) is 2.90. The van der Waals surface area contributed by atoms with Crippen LogP contribution in [0.25, 0.3) is 0 Å². The molecule has 106 valence electrons. The van der Waals surface area contributed by atoms with Crippen molar-refractivity contribution in [1.82, 2.24) is 20.1 Å². The quantitative estimate of drug-likeness (QED) is 0.877. The van der Waals surface area contributed by atoms with E-state index < -0.39 is 0 Å². The minimum absolute atomic E-state index is 0.132. The van der Waals surface area contributed by atoms with Crippen LogP contribution in [-0.2, 0) is 20.0 Å². The summed E-state index contributed by atoms with van der Waals surface area (Å²) in [7, 11) is 1.84. The van der Waals surface area contributed by atoms with Gasteiger partial charge in [0.05, 0.1) is 17.0 Å². The molecule has 0 unspecified atom stereocenters. The van der Waals surface area contributed by atoms with Crippen LogP contribution in [0.4, 0.5) is 5.13 Å². The van der Waals surface area contributed by atoms with E-state index in [9.17, 15) is 4.79 Å². The van der Waals surface area contributed by atoms with E-state index in [-0.39, 0.29) is 5.91 Å². The van der Waals surface area contributed by atoms with Crippen LogP contribution in [0.15, 0.2) is 0 Å². The zero-order valence-electron chi connectivity index (χ0n) is 11.8. The summed E-state index contributed by atoms with van der Waals surface area (Å²) in [6.45, 7) is 5.53. The highest BCUT2D eigenvalue weighted by Gasteiger charge is 2.20. The van der Waals surface area contributed by atoms with E-state index >= 15 is 0 Å². The maximum Gasteiger partial charge on any atom is 0.261 e. The second-order valence-electron chi connectivity index (χ2n) is 4.94. The predicted octanol–water partition coefficient (Wildman–Crippen LogP) is 1.39. The molecule has 2 aromatic rings. The second kappa shape index (κ2) is 4.99. The molecule has 0 atom stereocenters. The normalized spacial score (nSPS) is 14.2. The minimum atomic E-state index is -0.132. The molecule has 3 rings (SSSR count). The molecule has 2 N–H and O–H groups in total. The first kappa shape index (κ1) is 13.3. The molecule has 1 aliphatic rings. The number of rotatable bonds is 2. The molecule has 0 aromatic carbocycles. The Hall–Kier alpha value is -1.73. The summed E-state index contributed by atoms with van der Waals surface area (Å²) in [6.07, 6.45) is 0.923. The van der Waals surface area contributed by atoms with Crippen LogP contribution in [0.5, 0.6) is 0 Å². The molecule has 7 heteroatoms. The Kier molecular flexibility index (Phi) is 3.31. The van der Waals surface area contributed by atoms with Crippen molar-refractivity contribution in [2.24, 2.45) is 7.05 Å². The summed E-state index contributed by atoms with van der Waals surface area (Å²) in [5.41, 5.74) is 3.34. The lowest BCUT2D eigenvalue weighted by molar-refractivity contribution is 0.102. The lowest BCUT2D eigenvalue weighted by Gasteiger charge is -2.09. The van der Waals surface area contributed by atoms with E-state index in [1.54, 1.807) is 16.0 Å². The zero-order chi connectivity index (χ0) is 14.3. The molecule has 0 saturated carbocycles. The van der Waals surface area contributed by atoms with E-state index in [4.69, 9.17) is 0 Å². The van der Waals surface area contributed by atoms with Gasteiger partial charge >= 0.3 is 0 Å². The molecular formula is C13H17N5OS. The standard InChI is InChI=1S/C13H17N5OS/c1-7-11(8(2)18(3)17-7)12(19)16-13-15-9-4-5-14-6-10(9)20-13/h14H,4-6H2,1-3H3,(H,15,16,19). The summed E-state index contributed by atoms with van der Waals surface area (Å²) in [5.74, 6) is -0.132. The van der Waals surface area contributed by atoms with Crippen molar-refractivity contribution < 1.29 is 4.79 Å². The zero-order valence-corrected chi connectivity index (χ0v) is 12.6. The summed E-state index contributed by atoms with van der Waals surface area (Å²) < 4.78 is 1.72. The van der Waals surface area contributed by atoms with Crippen LogP contribution >= 0.6 is 11.3 Å². The number of hydrogen-bond donors (Lipinski definition) is 2. The van der Waals surface area contributed by atoms with Gasteiger partial charge in [0.25, 0.3) is 5.91 Å². The Morgan fingerprint density at radius 1 is 1.45 bits per heavy atom. The first-order valence-electron chi connectivity index (χ1n) is 6.57. The topological polar surface area (TPSA) is 71.8 Å². The van der Waals surface area contributed by atoms with Crippen molar-refractivity contribution in [2.45, 2.75) is 26.8 Å². The van der Waals surface area contributed by atoms with Crippen LogP contribution in [0.1, 0.15) is 32.3 Å². The van der Waals surface area contributed by atoms with Crippen molar-refractivity contribution in [1.29, 1.82) is 0 Å². The van der Waals surface area contributed by atoms with Gasteiger partial charge in [-0.15, -0.1) is 11.3 Å². The van der Waals surface area contributed by atoms with E-state index in [1.165, 1.54) is 4.88 Å². The van der Waals surface area contributed by atoms with Gasteiger partial charge in [0.15, 0.2) is 5.13 Å². The highest BCUT2D eigenvalue weighted by atomic mass is 32.1. The van der Waals surface area contributed by atoms with Gasteiger partial charge in [-0.2, -0.15) is 5.10 Å². The largest absolute Gasteiger partial charge is 0.311 e. The van der Waals surface area contributed by atoms with Crippen molar-refractivity contribution >= 4 is 22.4 Å². The summed E-state index contributed by atoms with van der Waals surface area (Å²) in [4.78, 5) is 18.1. The summed E-state index contributed by atoms with van der Waals surface area (Å²) >= 11 is 1.54. The van der Waals surface area contributed by atoms with Crippen LogP contribution in [0.2, 0.25) is 0 Å². The van der Waals surface area contributed by atoms with Gasteiger partial charge in [-0.1, -0.05) is 0 Å². The molecule has 3 heterocycles. The molecule has 20 heavy (non-hydrogen) atoms. The smallest absolute Gasteiger partial charge is 0.261 e. The fourth-order valence-electron chi connectivity index (χ4n) is 2.44. The van der Waals surface area contributed by atoms with Gasteiger partial charge in [0.1, 0.15) is 0 Å². The molecule has 2 aromatic heterocycles. The third-order valence-corrected chi connectivity index (χ3v) is 4.57. The Bertz CT molecular complexity index is 649. The van der Waals surface area contributed by atoms with Gasteiger partial charge in [0.2, 0.25) is 0 Å². The first-order chi connectivity index (χ1) is 9.56. The number of nitrogens with zero attached hydrogens (tertiary/aromatic N) is 3. The number of anilines is 1. The Morgan fingerprint density at radius 3 is 2.90 bits per heavy atom. The molecular weight excluding hydrogens is 274 g/mol. The minimum Gasteiger partial charge on any atom is -0.311 e. The fourth-order valence-corrected chi connectivity index (χ4v) is 3.41. The Labute approximate surface area is 121 Å². The molecule has 0 spiro atoms. The fraction of sp³-hybridized carbons (Fsp3) is 0.462. The number of hydrogen-bond acceptors (Lipinski definition) is 5. The van der Waals surface area contributed by atoms with E-state index in [1.807, 2.05) is 20.9 Å². The van der Waals surface area contributed by atoms with Crippen molar-refractivity contribution in [3.63, 3.8) is 0 Å². The van der Waals surface area contributed by atoms with Gasteiger partial charge in [-0.05, 0) is 13.8 Å². The SMILES string of the molecule is Cc1nn(C)c(C)c1C(=O)Nc1nc2c(s1)CNCC2. The van der Waals surface area contributed by atoms with Crippen LogP contribution < -0.4 is 10.6 Å². The molecule has 0 fully saturated rings. The van der Waals surface area contributed by atoms with E-state index in [2.05, 4.69) is 20.7 Å². The number of thiazole rings is 1. The number of carbonyl (C=O) groups excluding carboxylic acids is 1. The van der Waals surface area contributed by atoms with Gasteiger partial charge in [0, 0.05) is 37.1 Å². The van der Waals surface area contributed by atoms with Crippen molar-refractivity contribution in [3.05, 3.63) is 27.5 Å². The average molecular weight is 291 g/mol. The molecule has 0 bridgehead atoms. The molecule has 1 aliphatic heterocycles. The van der Waals surface area contributed by atoms with E-state index in [0.717, 1.165) is 36.6 Å². The third kappa shape index (κ3) is 2.23. The maximum atomic E-state index is 12.4.